The van der Waals surface area contributed by atoms with Gasteiger partial charge in [-0.15, -0.1) is 0 Å². The number of carbonyl (C=O) groups is 1. The van der Waals surface area contributed by atoms with E-state index in [4.69, 9.17) is 14.6 Å². The van der Waals surface area contributed by atoms with Crippen molar-refractivity contribution in [2.45, 2.75) is 56.2 Å². The minimum absolute atomic E-state index is 0.0582. The highest BCUT2D eigenvalue weighted by Crippen LogP contribution is 2.24. The Morgan fingerprint density at radius 2 is 1.91 bits per heavy atom. The first-order chi connectivity index (χ1) is 10.8. The Labute approximate surface area is 133 Å². The van der Waals surface area contributed by atoms with Crippen molar-refractivity contribution in [1.29, 1.82) is 0 Å². The number of aliphatic hydroxyl groups is 6. The summed E-state index contributed by atoms with van der Waals surface area (Å²) in [7, 11) is 0. The molecule has 1 aliphatic rings. The highest BCUT2D eigenvalue weighted by molar-refractivity contribution is 5.73. The third-order valence-electron chi connectivity index (χ3n) is 3.59. The molecule has 0 spiro atoms. The van der Waals surface area contributed by atoms with Crippen molar-refractivity contribution in [3.05, 3.63) is 0 Å². The van der Waals surface area contributed by atoms with Crippen molar-refractivity contribution in [2.75, 3.05) is 19.8 Å². The first kappa shape index (κ1) is 20.2. The standard InChI is InChI=1S/C13H25NO9/c1-6(18)14-10-12(21)11(20)9(5-17)23-13(10)22-8(4-16)7(19)2-3-15/h7-13,15-17,19-21H,2-5H2,1H3,(H,14,18)/t7-,8+,9+,10-,11+,12+,13+/m0/s1. The summed E-state index contributed by atoms with van der Waals surface area (Å²) in [6.07, 6.45) is -7.82. The SMILES string of the molecule is CC(=O)N[C@@H]1[C@H](O[C@H](CO)[C@@H](O)CCO)O[C@H](CO)[C@@H](O)[C@@H]1O. The average Bonchev–Trinajstić information content (AvgIpc) is 2.51. The summed E-state index contributed by atoms with van der Waals surface area (Å²) in [6.45, 7) is -0.342. The molecule has 136 valence electrons. The Morgan fingerprint density at radius 1 is 1.26 bits per heavy atom. The fraction of sp³-hybridized carbons (Fsp3) is 0.923. The van der Waals surface area contributed by atoms with E-state index in [-0.39, 0.29) is 13.0 Å². The van der Waals surface area contributed by atoms with E-state index < -0.39 is 62.0 Å². The molecular weight excluding hydrogens is 314 g/mol. The second-order valence-electron chi connectivity index (χ2n) is 5.37. The van der Waals surface area contributed by atoms with Crippen LogP contribution >= 0.6 is 0 Å². The molecule has 0 aromatic heterocycles. The van der Waals surface area contributed by atoms with Crippen LogP contribution in [0.4, 0.5) is 0 Å². The molecule has 7 atom stereocenters. The van der Waals surface area contributed by atoms with Gasteiger partial charge in [-0.1, -0.05) is 0 Å². The number of rotatable bonds is 8. The van der Waals surface area contributed by atoms with Gasteiger partial charge in [0, 0.05) is 13.5 Å². The van der Waals surface area contributed by atoms with Crippen LogP contribution in [-0.4, -0.2) is 99.2 Å². The smallest absolute Gasteiger partial charge is 0.217 e. The number of ether oxygens (including phenoxy) is 2. The molecule has 10 nitrogen and oxygen atoms in total. The van der Waals surface area contributed by atoms with Gasteiger partial charge in [0.1, 0.15) is 30.5 Å². The molecule has 1 amide bonds. The van der Waals surface area contributed by atoms with Crippen molar-refractivity contribution in [1.82, 2.24) is 5.32 Å². The molecule has 0 aliphatic carbocycles. The average molecular weight is 339 g/mol. The molecule has 1 rings (SSSR count). The van der Waals surface area contributed by atoms with E-state index in [0.717, 1.165) is 0 Å². The third kappa shape index (κ3) is 5.33. The minimum Gasteiger partial charge on any atom is -0.396 e. The first-order valence-corrected chi connectivity index (χ1v) is 7.30. The quantitative estimate of drug-likeness (QED) is 0.233. The molecule has 10 heteroatoms. The number of hydrogen-bond donors (Lipinski definition) is 7. The maximum Gasteiger partial charge on any atom is 0.217 e. The van der Waals surface area contributed by atoms with Crippen LogP contribution < -0.4 is 5.32 Å². The second-order valence-corrected chi connectivity index (χ2v) is 5.37. The van der Waals surface area contributed by atoms with Crippen molar-refractivity contribution in [3.63, 3.8) is 0 Å². The lowest BCUT2D eigenvalue weighted by Crippen LogP contribution is -2.65. The van der Waals surface area contributed by atoms with Gasteiger partial charge in [0.15, 0.2) is 6.29 Å². The molecule has 23 heavy (non-hydrogen) atoms. The van der Waals surface area contributed by atoms with Gasteiger partial charge >= 0.3 is 0 Å². The van der Waals surface area contributed by atoms with E-state index >= 15 is 0 Å². The van der Waals surface area contributed by atoms with Crippen LogP contribution in [0.2, 0.25) is 0 Å². The second kappa shape index (κ2) is 9.45. The molecule has 0 aromatic rings. The zero-order valence-electron chi connectivity index (χ0n) is 12.8. The van der Waals surface area contributed by atoms with Crippen LogP contribution in [0.15, 0.2) is 0 Å². The number of hydrogen-bond acceptors (Lipinski definition) is 9. The Kier molecular flexibility index (Phi) is 8.29. The van der Waals surface area contributed by atoms with Crippen molar-refractivity contribution >= 4 is 5.91 Å². The number of aliphatic hydroxyl groups excluding tert-OH is 6. The highest BCUT2D eigenvalue weighted by Gasteiger charge is 2.46. The third-order valence-corrected chi connectivity index (χ3v) is 3.59. The lowest BCUT2D eigenvalue weighted by Gasteiger charge is -2.43. The lowest BCUT2D eigenvalue weighted by atomic mass is 9.96. The van der Waals surface area contributed by atoms with Crippen molar-refractivity contribution in [2.24, 2.45) is 0 Å². The van der Waals surface area contributed by atoms with Gasteiger partial charge in [-0.25, -0.2) is 0 Å². The number of carbonyl (C=O) groups excluding carboxylic acids is 1. The number of nitrogens with one attached hydrogen (secondary N) is 1. The largest absolute Gasteiger partial charge is 0.396 e. The summed E-state index contributed by atoms with van der Waals surface area (Å²) in [5, 5.41) is 59.4. The first-order valence-electron chi connectivity index (χ1n) is 7.30. The van der Waals surface area contributed by atoms with Gasteiger partial charge in [-0.3, -0.25) is 4.79 Å². The minimum atomic E-state index is -1.48. The molecule has 1 heterocycles. The van der Waals surface area contributed by atoms with Crippen LogP contribution in [0.1, 0.15) is 13.3 Å². The highest BCUT2D eigenvalue weighted by atomic mass is 16.7. The Balaban J connectivity index is 2.89. The van der Waals surface area contributed by atoms with Gasteiger partial charge in [0.2, 0.25) is 5.91 Å². The van der Waals surface area contributed by atoms with Gasteiger partial charge in [-0.05, 0) is 6.42 Å². The van der Waals surface area contributed by atoms with E-state index in [2.05, 4.69) is 5.32 Å². The van der Waals surface area contributed by atoms with Crippen molar-refractivity contribution < 1.29 is 44.9 Å². The van der Waals surface area contributed by atoms with E-state index in [1.807, 2.05) is 0 Å². The fourth-order valence-electron chi connectivity index (χ4n) is 2.33. The van der Waals surface area contributed by atoms with Crippen LogP contribution in [0.5, 0.6) is 0 Å². The van der Waals surface area contributed by atoms with Gasteiger partial charge < -0.3 is 45.4 Å². The molecule has 0 unspecified atom stereocenters. The van der Waals surface area contributed by atoms with Crippen LogP contribution in [-0.2, 0) is 14.3 Å². The molecule has 0 aromatic carbocycles. The van der Waals surface area contributed by atoms with Gasteiger partial charge in [-0.2, -0.15) is 0 Å². The molecular formula is C13H25NO9. The summed E-state index contributed by atoms with van der Waals surface area (Å²) in [4.78, 5) is 11.3. The maximum absolute atomic E-state index is 11.3. The normalized spacial score (nSPS) is 34.0. The summed E-state index contributed by atoms with van der Waals surface area (Å²) < 4.78 is 10.7. The monoisotopic (exact) mass is 339 g/mol. The molecule has 1 saturated heterocycles. The zero-order valence-corrected chi connectivity index (χ0v) is 12.8. The molecule has 0 bridgehead atoms. The predicted octanol–water partition coefficient (Wildman–Crippen LogP) is -3.95. The lowest BCUT2D eigenvalue weighted by molar-refractivity contribution is -0.292. The molecule has 1 aliphatic heterocycles. The Bertz CT molecular complexity index is 369. The summed E-state index contributed by atoms with van der Waals surface area (Å²) in [6, 6.07) is -1.17. The number of amides is 1. The Morgan fingerprint density at radius 3 is 2.39 bits per heavy atom. The predicted molar refractivity (Wildman–Crippen MR) is 75.0 cm³/mol. The zero-order chi connectivity index (χ0) is 17.6. The maximum atomic E-state index is 11.3. The van der Waals surface area contributed by atoms with Crippen LogP contribution in [0.3, 0.4) is 0 Å². The topological polar surface area (TPSA) is 169 Å². The van der Waals surface area contributed by atoms with E-state index in [1.165, 1.54) is 6.92 Å². The summed E-state index contributed by atoms with van der Waals surface area (Å²) in [5.74, 6) is -0.516. The summed E-state index contributed by atoms with van der Waals surface area (Å²) in [5.41, 5.74) is 0. The van der Waals surface area contributed by atoms with E-state index in [9.17, 15) is 30.3 Å². The van der Waals surface area contributed by atoms with Crippen LogP contribution in [0.25, 0.3) is 0 Å². The Hall–Kier alpha value is -0.850. The van der Waals surface area contributed by atoms with Gasteiger partial charge in [0.25, 0.3) is 0 Å². The summed E-state index contributed by atoms with van der Waals surface area (Å²) >= 11 is 0. The van der Waals surface area contributed by atoms with E-state index in [0.29, 0.717) is 0 Å². The molecule has 0 radical (unpaired) electrons. The fourth-order valence-corrected chi connectivity index (χ4v) is 2.33. The van der Waals surface area contributed by atoms with E-state index in [1.54, 1.807) is 0 Å². The van der Waals surface area contributed by atoms with Crippen LogP contribution in [0, 0.1) is 0 Å². The molecule has 7 N–H and O–H groups in total. The molecule has 0 saturated carbocycles. The van der Waals surface area contributed by atoms with Crippen molar-refractivity contribution in [3.8, 4) is 0 Å². The molecule has 1 fully saturated rings. The van der Waals surface area contributed by atoms with Gasteiger partial charge in [0.05, 0.1) is 19.3 Å².